The minimum atomic E-state index is -3.85. The molecule has 3 aromatic rings. The van der Waals surface area contributed by atoms with Crippen molar-refractivity contribution in [1.29, 1.82) is 0 Å². The number of benzene rings is 1. The molecule has 0 amide bonds. The molecule has 0 bridgehead atoms. The van der Waals surface area contributed by atoms with Gasteiger partial charge in [-0.15, -0.1) is 0 Å². The van der Waals surface area contributed by atoms with E-state index in [9.17, 15) is 8.42 Å². The molecule has 1 aliphatic rings. The van der Waals surface area contributed by atoms with E-state index >= 15 is 0 Å². The maximum absolute atomic E-state index is 12.5. The van der Waals surface area contributed by atoms with Gasteiger partial charge in [0.25, 0.3) is 15.1 Å². The zero-order chi connectivity index (χ0) is 18.9. The fraction of sp³-hybridized carbons (Fsp3) is 0.105. The summed E-state index contributed by atoms with van der Waals surface area (Å²) in [5, 5.41) is 3.34. The smallest absolute Gasteiger partial charge is 0.298 e. The van der Waals surface area contributed by atoms with Crippen LogP contribution < -0.4 is 4.72 Å². The van der Waals surface area contributed by atoms with Crippen LogP contribution in [0.1, 0.15) is 16.7 Å². The first-order valence-electron chi connectivity index (χ1n) is 8.24. The van der Waals surface area contributed by atoms with Gasteiger partial charge in [0.15, 0.2) is 0 Å². The molecular weight excluding hydrogens is 364 g/mol. The van der Waals surface area contributed by atoms with Crippen molar-refractivity contribution in [1.82, 2.24) is 10.1 Å². The summed E-state index contributed by atoms with van der Waals surface area (Å²) >= 11 is 0. The van der Waals surface area contributed by atoms with Crippen LogP contribution in [0.2, 0.25) is 0 Å². The van der Waals surface area contributed by atoms with Gasteiger partial charge < -0.3 is 4.52 Å². The molecule has 3 heterocycles. The SMILES string of the molecule is Cc1cnoc1S(=O)(=O)Nc1cccc(C2=NCC=C2c2ccncc2)c1. The summed E-state index contributed by atoms with van der Waals surface area (Å²) in [5.74, 6) is 0. The van der Waals surface area contributed by atoms with E-state index in [1.54, 1.807) is 37.5 Å². The zero-order valence-electron chi connectivity index (χ0n) is 14.5. The summed E-state index contributed by atoms with van der Waals surface area (Å²) in [4.78, 5) is 8.61. The quantitative estimate of drug-likeness (QED) is 0.734. The van der Waals surface area contributed by atoms with Gasteiger partial charge in [0, 0.05) is 34.8 Å². The second-order valence-corrected chi connectivity index (χ2v) is 7.61. The molecule has 136 valence electrons. The molecule has 1 aromatic carbocycles. The number of aryl methyl sites for hydroxylation is 1. The molecule has 0 saturated carbocycles. The van der Waals surface area contributed by atoms with Crippen LogP contribution in [0.25, 0.3) is 5.57 Å². The number of aromatic nitrogens is 2. The van der Waals surface area contributed by atoms with Crippen molar-refractivity contribution in [2.45, 2.75) is 12.0 Å². The molecule has 2 aromatic heterocycles. The Morgan fingerprint density at radius 1 is 1.11 bits per heavy atom. The van der Waals surface area contributed by atoms with Crippen molar-refractivity contribution in [3.63, 3.8) is 0 Å². The number of rotatable bonds is 5. The van der Waals surface area contributed by atoms with Crippen molar-refractivity contribution in [2.24, 2.45) is 4.99 Å². The topological polar surface area (TPSA) is 97.5 Å². The van der Waals surface area contributed by atoms with Crippen molar-refractivity contribution in [3.05, 3.63) is 77.8 Å². The van der Waals surface area contributed by atoms with E-state index in [0.717, 1.165) is 22.4 Å². The third-order valence-electron chi connectivity index (χ3n) is 4.13. The van der Waals surface area contributed by atoms with Crippen molar-refractivity contribution in [2.75, 3.05) is 11.3 Å². The molecule has 1 N–H and O–H groups in total. The third kappa shape index (κ3) is 3.39. The Morgan fingerprint density at radius 3 is 2.67 bits per heavy atom. The standard InChI is InChI=1S/C19H16N4O3S/c1-13-12-22-26-19(13)27(24,25)23-16-4-2-3-15(11-16)18-17(7-10-21-18)14-5-8-20-9-6-14/h2-9,11-12,23H,10H2,1H3. The zero-order valence-corrected chi connectivity index (χ0v) is 15.3. The van der Waals surface area contributed by atoms with Crippen LogP contribution in [-0.4, -0.2) is 30.8 Å². The lowest BCUT2D eigenvalue weighted by Gasteiger charge is -2.11. The number of anilines is 1. The number of pyridine rings is 1. The number of hydrogen-bond donors (Lipinski definition) is 1. The van der Waals surface area contributed by atoms with Gasteiger partial charge in [-0.3, -0.25) is 14.7 Å². The van der Waals surface area contributed by atoms with Crippen molar-refractivity contribution < 1.29 is 12.9 Å². The van der Waals surface area contributed by atoms with Crippen molar-refractivity contribution >= 4 is 27.0 Å². The molecule has 4 rings (SSSR count). The van der Waals surface area contributed by atoms with Crippen molar-refractivity contribution in [3.8, 4) is 0 Å². The lowest BCUT2D eigenvalue weighted by atomic mass is 9.97. The fourth-order valence-corrected chi connectivity index (χ4v) is 4.06. The van der Waals surface area contributed by atoms with E-state index in [1.165, 1.54) is 6.20 Å². The Balaban J connectivity index is 1.64. The summed E-state index contributed by atoms with van der Waals surface area (Å²) < 4.78 is 32.4. The van der Waals surface area contributed by atoms with Gasteiger partial charge in [-0.25, -0.2) is 0 Å². The molecule has 0 fully saturated rings. The van der Waals surface area contributed by atoms with Gasteiger partial charge in [-0.2, -0.15) is 8.42 Å². The van der Waals surface area contributed by atoms with E-state index in [1.807, 2.05) is 24.3 Å². The Bertz CT molecular complexity index is 1150. The van der Waals surface area contributed by atoms with Gasteiger partial charge in [0.1, 0.15) is 0 Å². The largest absolute Gasteiger partial charge is 0.342 e. The average molecular weight is 380 g/mol. The average Bonchev–Trinajstić information content (AvgIpc) is 3.31. The summed E-state index contributed by atoms with van der Waals surface area (Å²) in [6, 6.07) is 11.0. The molecule has 7 nitrogen and oxygen atoms in total. The highest BCUT2D eigenvalue weighted by atomic mass is 32.2. The molecular formula is C19H16N4O3S. The molecule has 0 atom stereocenters. The Kier molecular flexibility index (Phi) is 4.33. The Morgan fingerprint density at radius 2 is 1.93 bits per heavy atom. The van der Waals surface area contributed by atoms with E-state index in [4.69, 9.17) is 4.52 Å². The first-order valence-corrected chi connectivity index (χ1v) is 9.73. The number of nitrogens with one attached hydrogen (secondary N) is 1. The van der Waals surface area contributed by atoms with E-state index in [-0.39, 0.29) is 5.09 Å². The highest BCUT2D eigenvalue weighted by molar-refractivity contribution is 7.92. The summed E-state index contributed by atoms with van der Waals surface area (Å²) in [7, 11) is -3.85. The number of hydrogen-bond acceptors (Lipinski definition) is 6. The summed E-state index contributed by atoms with van der Waals surface area (Å²) in [6.45, 7) is 2.21. The highest BCUT2D eigenvalue weighted by Gasteiger charge is 2.23. The molecule has 0 spiro atoms. The first-order chi connectivity index (χ1) is 13.0. The number of aliphatic imine (C=N–C) groups is 1. The number of nitrogens with zero attached hydrogens (tertiary/aromatic N) is 3. The molecule has 27 heavy (non-hydrogen) atoms. The second-order valence-electron chi connectivity index (χ2n) is 6.03. The minimum absolute atomic E-state index is 0.191. The molecule has 0 saturated heterocycles. The second kappa shape index (κ2) is 6.81. The van der Waals surface area contributed by atoms with Crippen LogP contribution in [0.4, 0.5) is 5.69 Å². The molecule has 8 heteroatoms. The third-order valence-corrected chi connectivity index (χ3v) is 5.52. The van der Waals surface area contributed by atoms with Crippen LogP contribution in [-0.2, 0) is 10.0 Å². The van der Waals surface area contributed by atoms with Gasteiger partial charge in [0.2, 0.25) is 0 Å². The van der Waals surface area contributed by atoms with Crippen LogP contribution in [0.3, 0.4) is 0 Å². The van der Waals surface area contributed by atoms with Gasteiger partial charge in [-0.1, -0.05) is 23.4 Å². The molecule has 0 radical (unpaired) electrons. The Hall–Kier alpha value is -3.26. The van der Waals surface area contributed by atoms with Crippen LogP contribution in [0.5, 0.6) is 0 Å². The fourth-order valence-electron chi connectivity index (χ4n) is 2.91. The lowest BCUT2D eigenvalue weighted by molar-refractivity contribution is 0.338. The normalized spacial score (nSPS) is 14.0. The van der Waals surface area contributed by atoms with E-state index in [2.05, 4.69) is 19.9 Å². The van der Waals surface area contributed by atoms with Gasteiger partial charge in [-0.05, 0) is 36.8 Å². The van der Waals surface area contributed by atoms with Crippen LogP contribution >= 0.6 is 0 Å². The summed E-state index contributed by atoms with van der Waals surface area (Å²) in [5.41, 5.74) is 4.53. The van der Waals surface area contributed by atoms with E-state index < -0.39 is 10.0 Å². The Labute approximate surface area is 156 Å². The maximum atomic E-state index is 12.5. The molecule has 0 aliphatic carbocycles. The predicted octanol–water partition coefficient (Wildman–Crippen LogP) is 3.07. The van der Waals surface area contributed by atoms with Gasteiger partial charge >= 0.3 is 0 Å². The number of allylic oxidation sites excluding steroid dienone is 1. The van der Waals surface area contributed by atoms with E-state index in [0.29, 0.717) is 17.8 Å². The first kappa shape index (κ1) is 17.2. The highest BCUT2D eigenvalue weighted by Crippen LogP contribution is 2.26. The summed E-state index contributed by atoms with van der Waals surface area (Å²) in [6.07, 6.45) is 6.87. The lowest BCUT2D eigenvalue weighted by Crippen LogP contribution is -2.13. The van der Waals surface area contributed by atoms with Gasteiger partial charge in [0.05, 0.1) is 18.5 Å². The number of sulfonamides is 1. The molecule has 1 aliphatic heterocycles. The molecule has 0 unspecified atom stereocenters. The van der Waals surface area contributed by atoms with Crippen LogP contribution in [0, 0.1) is 6.92 Å². The van der Waals surface area contributed by atoms with Crippen LogP contribution in [0.15, 0.2) is 75.7 Å². The minimum Gasteiger partial charge on any atom is -0.342 e. The monoisotopic (exact) mass is 380 g/mol. The maximum Gasteiger partial charge on any atom is 0.298 e. The predicted molar refractivity (Wildman–Crippen MR) is 102 cm³/mol.